The molecule has 7 nitrogen and oxygen atoms in total. The fourth-order valence-electron chi connectivity index (χ4n) is 4.41. The van der Waals surface area contributed by atoms with Crippen LogP contribution in [0.3, 0.4) is 0 Å². The van der Waals surface area contributed by atoms with E-state index in [9.17, 15) is 14.0 Å². The van der Waals surface area contributed by atoms with Gasteiger partial charge in [0, 0.05) is 30.6 Å². The minimum atomic E-state index is -0.669. The SMILES string of the molecule is CSc1nccc(-c2ccn(C(c3ccc(Cl)c(F)c3)[C@H]3CCCN3C(=O)OC(C)(C)C)c(=O)c2)n1. The summed E-state index contributed by atoms with van der Waals surface area (Å²) in [4.78, 5) is 36.8. The Bertz CT molecular complexity index is 1330. The molecule has 4 rings (SSSR count). The summed E-state index contributed by atoms with van der Waals surface area (Å²) in [6.45, 7) is 5.90. The maximum absolute atomic E-state index is 14.5. The van der Waals surface area contributed by atoms with Crippen molar-refractivity contribution >= 4 is 29.5 Å². The Hall–Kier alpha value is -2.91. The van der Waals surface area contributed by atoms with Crippen molar-refractivity contribution in [2.24, 2.45) is 0 Å². The highest BCUT2D eigenvalue weighted by Crippen LogP contribution is 2.34. The highest BCUT2D eigenvalue weighted by molar-refractivity contribution is 7.98. The highest BCUT2D eigenvalue weighted by atomic mass is 35.5. The molecule has 0 N–H and O–H groups in total. The molecule has 0 bridgehead atoms. The second-order valence-electron chi connectivity index (χ2n) is 9.59. The normalized spacial score (nSPS) is 16.7. The Kier molecular flexibility index (Phi) is 7.70. The van der Waals surface area contributed by atoms with Crippen LogP contribution in [0.4, 0.5) is 9.18 Å². The summed E-state index contributed by atoms with van der Waals surface area (Å²) in [5, 5.41) is 0.592. The van der Waals surface area contributed by atoms with E-state index < -0.39 is 29.6 Å². The van der Waals surface area contributed by atoms with Crippen molar-refractivity contribution in [3.63, 3.8) is 0 Å². The molecule has 3 aromatic rings. The lowest BCUT2D eigenvalue weighted by Gasteiger charge is -2.34. The molecule has 0 aliphatic carbocycles. The number of pyridine rings is 1. The summed E-state index contributed by atoms with van der Waals surface area (Å²) < 4.78 is 21.7. The van der Waals surface area contributed by atoms with Crippen molar-refractivity contribution in [3.8, 4) is 11.3 Å². The molecule has 1 unspecified atom stereocenters. The first-order valence-electron chi connectivity index (χ1n) is 11.6. The van der Waals surface area contributed by atoms with Gasteiger partial charge in [-0.1, -0.05) is 29.4 Å². The molecule has 1 amide bonds. The Labute approximate surface area is 218 Å². The monoisotopic (exact) mass is 530 g/mol. The van der Waals surface area contributed by atoms with E-state index >= 15 is 0 Å². The van der Waals surface area contributed by atoms with Crippen LogP contribution in [0.25, 0.3) is 11.3 Å². The van der Waals surface area contributed by atoms with Crippen LogP contribution >= 0.6 is 23.4 Å². The zero-order valence-electron chi connectivity index (χ0n) is 20.6. The molecule has 0 radical (unpaired) electrons. The van der Waals surface area contributed by atoms with E-state index in [2.05, 4.69) is 9.97 Å². The third-order valence-electron chi connectivity index (χ3n) is 5.94. The molecule has 10 heteroatoms. The number of halogens is 2. The van der Waals surface area contributed by atoms with Crippen molar-refractivity contribution in [1.82, 2.24) is 19.4 Å². The van der Waals surface area contributed by atoms with E-state index in [0.717, 1.165) is 6.42 Å². The number of amides is 1. The molecular formula is C26H28ClFN4O3S. The van der Waals surface area contributed by atoms with Crippen LogP contribution < -0.4 is 5.56 Å². The predicted octanol–water partition coefficient (Wildman–Crippen LogP) is 5.81. The number of carbonyl (C=O) groups is 1. The minimum Gasteiger partial charge on any atom is -0.444 e. The largest absolute Gasteiger partial charge is 0.444 e. The number of hydrogen-bond donors (Lipinski definition) is 0. The van der Waals surface area contributed by atoms with Gasteiger partial charge in [-0.05, 0) is 69.7 Å². The van der Waals surface area contributed by atoms with Crippen molar-refractivity contribution in [2.45, 2.75) is 56.5 Å². The molecule has 2 atom stereocenters. The van der Waals surface area contributed by atoms with Crippen molar-refractivity contribution in [3.05, 3.63) is 75.5 Å². The molecule has 1 fully saturated rings. The number of aromatic nitrogens is 3. The van der Waals surface area contributed by atoms with E-state index in [1.165, 1.54) is 34.5 Å². The van der Waals surface area contributed by atoms with Crippen LogP contribution in [0.5, 0.6) is 0 Å². The first-order chi connectivity index (χ1) is 17.1. The van der Waals surface area contributed by atoms with E-state index in [1.807, 2.05) is 6.26 Å². The quantitative estimate of drug-likeness (QED) is 0.306. The number of nitrogens with zero attached hydrogens (tertiary/aromatic N) is 4. The number of ether oxygens (including phenoxy) is 1. The zero-order valence-corrected chi connectivity index (χ0v) is 22.1. The van der Waals surface area contributed by atoms with Gasteiger partial charge in [0.2, 0.25) is 0 Å². The van der Waals surface area contributed by atoms with Gasteiger partial charge in [0.15, 0.2) is 5.16 Å². The number of carbonyl (C=O) groups excluding carboxylic acids is 1. The maximum Gasteiger partial charge on any atom is 0.410 e. The molecule has 2 aromatic heterocycles. The Morgan fingerprint density at radius 3 is 2.69 bits per heavy atom. The van der Waals surface area contributed by atoms with Crippen LogP contribution in [0, 0.1) is 5.82 Å². The van der Waals surface area contributed by atoms with Crippen LogP contribution in [0.1, 0.15) is 45.2 Å². The highest BCUT2D eigenvalue weighted by Gasteiger charge is 2.39. The lowest BCUT2D eigenvalue weighted by atomic mass is 9.96. The average Bonchev–Trinajstić information content (AvgIpc) is 3.31. The lowest BCUT2D eigenvalue weighted by Crippen LogP contribution is -2.45. The third kappa shape index (κ3) is 5.73. The van der Waals surface area contributed by atoms with E-state index in [4.69, 9.17) is 16.3 Å². The number of thioether (sulfide) groups is 1. The lowest BCUT2D eigenvalue weighted by molar-refractivity contribution is 0.0195. The van der Waals surface area contributed by atoms with Gasteiger partial charge in [-0.2, -0.15) is 0 Å². The zero-order chi connectivity index (χ0) is 26.0. The molecule has 0 spiro atoms. The first kappa shape index (κ1) is 26.2. The summed E-state index contributed by atoms with van der Waals surface area (Å²) in [5.41, 5.74) is 0.846. The van der Waals surface area contributed by atoms with Crippen LogP contribution in [-0.2, 0) is 4.74 Å². The molecular weight excluding hydrogens is 503 g/mol. The summed E-state index contributed by atoms with van der Waals surface area (Å²) >= 11 is 7.36. The Morgan fingerprint density at radius 2 is 2.03 bits per heavy atom. The fourth-order valence-corrected chi connectivity index (χ4v) is 4.88. The minimum absolute atomic E-state index is 0.0102. The summed E-state index contributed by atoms with van der Waals surface area (Å²) in [6, 6.07) is 8.47. The van der Waals surface area contributed by atoms with Crippen LogP contribution in [0.15, 0.2) is 58.7 Å². The topological polar surface area (TPSA) is 77.3 Å². The maximum atomic E-state index is 14.5. The summed E-state index contributed by atoms with van der Waals surface area (Å²) in [5.74, 6) is -0.587. The molecule has 190 valence electrons. The van der Waals surface area contributed by atoms with Gasteiger partial charge in [0.25, 0.3) is 5.56 Å². The van der Waals surface area contributed by atoms with Gasteiger partial charge in [-0.15, -0.1) is 0 Å². The van der Waals surface area contributed by atoms with Crippen molar-refractivity contribution in [2.75, 3.05) is 12.8 Å². The molecule has 36 heavy (non-hydrogen) atoms. The second-order valence-corrected chi connectivity index (χ2v) is 10.8. The smallest absolute Gasteiger partial charge is 0.410 e. The summed E-state index contributed by atoms with van der Waals surface area (Å²) in [6.07, 6.45) is 6.11. The molecule has 1 aliphatic rings. The Balaban J connectivity index is 1.78. The fraction of sp³-hybridized carbons (Fsp3) is 0.385. The summed E-state index contributed by atoms with van der Waals surface area (Å²) in [7, 11) is 0. The average molecular weight is 531 g/mol. The second kappa shape index (κ2) is 10.6. The van der Waals surface area contributed by atoms with Gasteiger partial charge in [-0.3, -0.25) is 4.79 Å². The standard InChI is InChI=1S/C26H28ClFN4O3S/c1-26(2,3)35-25(34)31-12-5-6-21(31)23(17-7-8-18(27)19(28)14-17)32-13-10-16(15-22(32)33)20-9-11-29-24(30-20)36-4/h7-11,13-15,21,23H,5-6,12H2,1-4H3/t21-,23?/m1/s1. The van der Waals surface area contributed by atoms with Crippen molar-refractivity contribution < 1.29 is 13.9 Å². The third-order valence-corrected chi connectivity index (χ3v) is 6.80. The van der Waals surface area contributed by atoms with Gasteiger partial charge in [0.1, 0.15) is 11.4 Å². The molecule has 1 aromatic carbocycles. The predicted molar refractivity (Wildman–Crippen MR) is 139 cm³/mol. The number of benzene rings is 1. The van der Waals surface area contributed by atoms with Gasteiger partial charge >= 0.3 is 6.09 Å². The van der Waals surface area contributed by atoms with Crippen LogP contribution in [-0.4, -0.2) is 50.0 Å². The van der Waals surface area contributed by atoms with Gasteiger partial charge < -0.3 is 14.2 Å². The Morgan fingerprint density at radius 1 is 1.25 bits per heavy atom. The number of hydrogen-bond acceptors (Lipinski definition) is 6. The van der Waals surface area contributed by atoms with E-state index in [-0.39, 0.29) is 10.6 Å². The molecule has 1 saturated heterocycles. The molecule has 0 saturated carbocycles. The van der Waals surface area contributed by atoms with Crippen molar-refractivity contribution in [1.29, 1.82) is 0 Å². The molecule has 3 heterocycles. The number of likely N-dealkylation sites (tertiary alicyclic amines) is 1. The van der Waals surface area contributed by atoms with Gasteiger partial charge in [0.05, 0.1) is 22.8 Å². The van der Waals surface area contributed by atoms with E-state index in [0.29, 0.717) is 34.9 Å². The van der Waals surface area contributed by atoms with Crippen LogP contribution in [0.2, 0.25) is 5.02 Å². The van der Waals surface area contributed by atoms with Gasteiger partial charge in [-0.25, -0.2) is 19.2 Å². The number of rotatable bonds is 5. The first-order valence-corrected chi connectivity index (χ1v) is 13.2. The van der Waals surface area contributed by atoms with E-state index in [1.54, 1.807) is 56.3 Å². The molecule has 1 aliphatic heterocycles.